The van der Waals surface area contributed by atoms with Crippen molar-refractivity contribution >= 4 is 42.6 Å². The fourth-order valence-electron chi connectivity index (χ4n) is 4.59. The monoisotopic (exact) mass is 676 g/mol. The molecule has 2 aromatic carbocycles. The van der Waals surface area contributed by atoms with Crippen LogP contribution in [0.4, 0.5) is 31.5 Å². The molecule has 240 valence electrons. The summed E-state index contributed by atoms with van der Waals surface area (Å²) in [7, 11) is -4.49. The highest BCUT2D eigenvalue weighted by molar-refractivity contribution is 7.89. The first-order valence-corrected chi connectivity index (χ1v) is 15.2. The van der Waals surface area contributed by atoms with Crippen molar-refractivity contribution in [3.63, 3.8) is 0 Å². The third-order valence-corrected chi connectivity index (χ3v) is 9.84. The van der Waals surface area contributed by atoms with E-state index in [0.29, 0.717) is 34.0 Å². The van der Waals surface area contributed by atoms with E-state index in [2.05, 4.69) is 25.2 Å². The van der Waals surface area contributed by atoms with Gasteiger partial charge in [0.25, 0.3) is 5.56 Å². The molecule has 1 saturated heterocycles. The highest BCUT2D eigenvalue weighted by Gasteiger charge is 2.41. The zero-order valence-electron chi connectivity index (χ0n) is 22.9. The highest BCUT2D eigenvalue weighted by Crippen LogP contribution is 2.33. The number of rotatable bonds is 7. The van der Waals surface area contributed by atoms with Gasteiger partial charge in [-0.15, -0.1) is 13.2 Å². The van der Waals surface area contributed by atoms with Crippen LogP contribution in [0.1, 0.15) is 16.8 Å². The average Bonchev–Trinajstić information content (AvgIpc) is 3.44. The Morgan fingerprint density at radius 1 is 1.07 bits per heavy atom. The van der Waals surface area contributed by atoms with Crippen LogP contribution in [-0.4, -0.2) is 65.9 Å². The number of thiazole rings is 1. The first-order valence-electron chi connectivity index (χ1n) is 13.0. The Hall–Kier alpha value is -4.23. The number of halogens is 6. The molecule has 0 bridgehead atoms. The van der Waals surface area contributed by atoms with E-state index in [1.54, 1.807) is 11.8 Å². The van der Waals surface area contributed by atoms with Gasteiger partial charge in [0.15, 0.2) is 5.13 Å². The Bertz CT molecular complexity index is 1880. The van der Waals surface area contributed by atoms with Gasteiger partial charge in [0, 0.05) is 26.2 Å². The molecule has 1 amide bonds. The quantitative estimate of drug-likeness (QED) is 0.282. The summed E-state index contributed by atoms with van der Waals surface area (Å²) in [6.07, 6.45) is -9.59. The number of benzene rings is 2. The first kappa shape index (κ1) is 32.2. The van der Waals surface area contributed by atoms with Crippen LogP contribution in [-0.2, 0) is 27.5 Å². The number of piperazine rings is 1. The minimum atomic E-state index is -4.89. The molecular formula is C26H22F6N6O5S2. The van der Waals surface area contributed by atoms with Crippen LogP contribution in [0.15, 0.2) is 58.2 Å². The molecule has 0 radical (unpaired) electrons. The van der Waals surface area contributed by atoms with Gasteiger partial charge < -0.3 is 15.0 Å². The van der Waals surface area contributed by atoms with Crippen molar-refractivity contribution in [3.8, 4) is 5.75 Å². The molecular weight excluding hydrogens is 654 g/mol. The molecule has 5 rings (SSSR count). The maximum absolute atomic E-state index is 13.6. The SMILES string of the molecule is Cc1n[nH]c(=O)c2sc(N3CCN(S(=O)(=O)c4ccc(C(F)(F)F)cc4)[C@@H](C(=O)NCc4ccc(OC(F)(F)F)cc4)C3)nc12. The summed E-state index contributed by atoms with van der Waals surface area (Å²) in [5.74, 6) is -1.27. The Labute approximate surface area is 254 Å². The molecule has 0 unspecified atom stereocenters. The van der Waals surface area contributed by atoms with Gasteiger partial charge in [0.05, 0.1) is 16.2 Å². The lowest BCUT2D eigenvalue weighted by Crippen LogP contribution is -2.60. The number of fused-ring (bicyclic) bond motifs is 1. The second-order valence-corrected chi connectivity index (χ2v) is 12.7. The number of sulfonamides is 1. The molecule has 1 aliphatic rings. The molecule has 2 aromatic heterocycles. The van der Waals surface area contributed by atoms with E-state index in [4.69, 9.17) is 0 Å². The largest absolute Gasteiger partial charge is 0.573 e. The average molecular weight is 677 g/mol. The summed E-state index contributed by atoms with van der Waals surface area (Å²) in [6, 6.07) is 6.09. The molecule has 1 aliphatic heterocycles. The summed E-state index contributed by atoms with van der Waals surface area (Å²) in [5, 5.41) is 9.12. The van der Waals surface area contributed by atoms with Crippen LogP contribution in [0, 0.1) is 6.92 Å². The van der Waals surface area contributed by atoms with Gasteiger partial charge in [-0.1, -0.05) is 23.5 Å². The van der Waals surface area contributed by atoms with Crippen LogP contribution < -0.4 is 20.5 Å². The molecule has 3 heterocycles. The summed E-state index contributed by atoms with van der Waals surface area (Å²) in [6.45, 7) is 0.947. The molecule has 1 fully saturated rings. The van der Waals surface area contributed by atoms with Crippen molar-refractivity contribution in [2.75, 3.05) is 24.5 Å². The molecule has 2 N–H and O–H groups in total. The third kappa shape index (κ3) is 7.04. The maximum atomic E-state index is 13.6. The molecule has 19 heteroatoms. The summed E-state index contributed by atoms with van der Waals surface area (Å²) in [4.78, 5) is 31.4. The van der Waals surface area contributed by atoms with Gasteiger partial charge in [-0.25, -0.2) is 18.5 Å². The number of nitrogens with zero attached hydrogens (tertiary/aromatic N) is 4. The van der Waals surface area contributed by atoms with E-state index in [1.807, 2.05) is 0 Å². The van der Waals surface area contributed by atoms with Gasteiger partial charge in [0.2, 0.25) is 15.9 Å². The number of hydrogen-bond donors (Lipinski definition) is 2. The molecule has 0 saturated carbocycles. The number of aromatic nitrogens is 3. The molecule has 45 heavy (non-hydrogen) atoms. The van der Waals surface area contributed by atoms with Gasteiger partial charge in [-0.2, -0.15) is 22.6 Å². The number of ether oxygens (including phenoxy) is 1. The predicted octanol–water partition coefficient (Wildman–Crippen LogP) is 3.80. The number of hydrogen-bond acceptors (Lipinski definition) is 9. The van der Waals surface area contributed by atoms with E-state index in [-0.39, 0.29) is 30.9 Å². The summed E-state index contributed by atoms with van der Waals surface area (Å²) in [5.41, 5.74) is -0.392. The second-order valence-electron chi connectivity index (χ2n) is 9.82. The standard InChI is InChI=1S/C26H22F6N6O5S2/c1-14-20-21(23(40)36-35-14)44-24(34-20)37-10-11-38(45(41,42)18-8-4-16(5-9-18)25(27,28)29)19(13-37)22(39)33-12-15-2-6-17(7-3-15)43-26(30,31)32/h2-9,19H,10-13H2,1H3,(H,33,39)(H,36,40)/t19-/m1/s1. The minimum absolute atomic E-state index is 0.0223. The van der Waals surface area contributed by atoms with Gasteiger partial charge >= 0.3 is 12.5 Å². The smallest absolute Gasteiger partial charge is 0.406 e. The van der Waals surface area contributed by atoms with Gasteiger partial charge in [-0.05, 0) is 48.9 Å². The lowest BCUT2D eigenvalue weighted by atomic mass is 10.1. The second kappa shape index (κ2) is 11.9. The Morgan fingerprint density at radius 3 is 2.33 bits per heavy atom. The first-order chi connectivity index (χ1) is 21.0. The molecule has 0 spiro atoms. The number of alkyl halides is 6. The van der Waals surface area contributed by atoms with Gasteiger partial charge in [0.1, 0.15) is 22.0 Å². The van der Waals surface area contributed by atoms with E-state index in [9.17, 15) is 44.3 Å². The van der Waals surface area contributed by atoms with Crippen molar-refractivity contribution < 1.29 is 44.3 Å². The van der Waals surface area contributed by atoms with Crippen molar-refractivity contribution in [1.82, 2.24) is 24.8 Å². The minimum Gasteiger partial charge on any atom is -0.406 e. The zero-order valence-corrected chi connectivity index (χ0v) is 24.6. The van der Waals surface area contributed by atoms with Crippen LogP contribution in [0.3, 0.4) is 0 Å². The van der Waals surface area contributed by atoms with E-state index in [1.165, 1.54) is 12.1 Å². The lowest BCUT2D eigenvalue weighted by Gasteiger charge is -2.39. The van der Waals surface area contributed by atoms with Crippen LogP contribution in [0.25, 0.3) is 10.2 Å². The molecule has 11 nitrogen and oxygen atoms in total. The highest BCUT2D eigenvalue weighted by atomic mass is 32.2. The summed E-state index contributed by atoms with van der Waals surface area (Å²) >= 11 is 1.02. The topological polar surface area (TPSA) is 138 Å². The molecule has 1 atom stereocenters. The molecule has 4 aromatic rings. The number of H-pyrrole nitrogens is 1. The number of amides is 1. The Morgan fingerprint density at radius 2 is 1.73 bits per heavy atom. The van der Waals surface area contributed by atoms with Crippen LogP contribution in [0.2, 0.25) is 0 Å². The van der Waals surface area contributed by atoms with Crippen molar-refractivity contribution in [2.45, 2.75) is 36.9 Å². The number of carbonyl (C=O) groups excluding carboxylic acids is 1. The van der Waals surface area contributed by atoms with Crippen molar-refractivity contribution in [3.05, 3.63) is 75.7 Å². The van der Waals surface area contributed by atoms with E-state index >= 15 is 0 Å². The third-order valence-electron chi connectivity index (χ3n) is 6.81. The predicted molar refractivity (Wildman–Crippen MR) is 149 cm³/mol. The van der Waals surface area contributed by atoms with Crippen molar-refractivity contribution in [1.29, 1.82) is 0 Å². The zero-order chi connectivity index (χ0) is 32.7. The van der Waals surface area contributed by atoms with Crippen molar-refractivity contribution in [2.24, 2.45) is 0 Å². The van der Waals surface area contributed by atoms with E-state index in [0.717, 1.165) is 39.9 Å². The number of aryl methyl sites for hydroxylation is 1. The van der Waals surface area contributed by atoms with Crippen LogP contribution in [0.5, 0.6) is 5.75 Å². The molecule has 0 aliphatic carbocycles. The number of nitrogens with one attached hydrogen (secondary N) is 2. The Kier molecular flexibility index (Phi) is 8.53. The lowest BCUT2D eigenvalue weighted by molar-refractivity contribution is -0.274. The number of carbonyl (C=O) groups is 1. The van der Waals surface area contributed by atoms with E-state index < -0.39 is 56.3 Å². The number of anilines is 1. The fourth-order valence-corrected chi connectivity index (χ4v) is 7.20. The summed E-state index contributed by atoms with van der Waals surface area (Å²) < 4.78 is 109. The fraction of sp³-hybridized carbons (Fsp3) is 0.308. The van der Waals surface area contributed by atoms with Crippen LogP contribution >= 0.6 is 11.3 Å². The normalized spacial score (nSPS) is 16.6. The van der Waals surface area contributed by atoms with Gasteiger partial charge in [-0.3, -0.25) is 9.59 Å². The Balaban J connectivity index is 1.42. The number of aromatic amines is 1. The maximum Gasteiger partial charge on any atom is 0.573 e.